The second kappa shape index (κ2) is 10.4. The summed E-state index contributed by atoms with van der Waals surface area (Å²) >= 11 is 1.00. The van der Waals surface area contributed by atoms with Crippen LogP contribution in [-0.2, 0) is 23.9 Å². The van der Waals surface area contributed by atoms with Gasteiger partial charge in [0.05, 0.1) is 5.57 Å². The Morgan fingerprint density at radius 1 is 1.14 bits per heavy atom. The first-order chi connectivity index (χ1) is 16.4. The van der Waals surface area contributed by atoms with Crippen LogP contribution in [0.5, 0.6) is 0 Å². The molecule has 2 aliphatic rings. The number of hydrogen-bond donors (Lipinski definition) is 4. The summed E-state index contributed by atoms with van der Waals surface area (Å²) in [5.41, 5.74) is -0.600. The zero-order chi connectivity index (χ0) is 25.9. The quantitative estimate of drug-likeness (QED) is 0.245. The van der Waals surface area contributed by atoms with Gasteiger partial charge in [-0.15, -0.1) is 11.8 Å². The first-order valence-electron chi connectivity index (χ1n) is 11.0. The maximum atomic E-state index is 13.2. The average Bonchev–Trinajstić information content (AvgIpc) is 2.76. The van der Waals surface area contributed by atoms with Crippen LogP contribution in [0.2, 0.25) is 0 Å². The van der Waals surface area contributed by atoms with E-state index in [1.807, 2.05) is 0 Å². The SMILES string of the molecule is CCNC(=O)NC1S[C@@H]2C(NC(=O)C(C(=O)OC(C)(C)C)c3ccccc3)C(=O)N2C=C1C(=O)O. The molecule has 3 rings (SSSR count). The molecule has 35 heavy (non-hydrogen) atoms. The van der Waals surface area contributed by atoms with Gasteiger partial charge in [-0.1, -0.05) is 30.3 Å². The minimum Gasteiger partial charge on any atom is -0.478 e. The van der Waals surface area contributed by atoms with Gasteiger partial charge >= 0.3 is 18.0 Å². The highest BCUT2D eigenvalue weighted by Crippen LogP contribution is 2.40. The molecule has 0 radical (unpaired) electrons. The number of amides is 4. The molecule has 1 aromatic rings. The molecule has 3 unspecified atom stereocenters. The van der Waals surface area contributed by atoms with E-state index in [0.29, 0.717) is 12.1 Å². The summed E-state index contributed by atoms with van der Waals surface area (Å²) in [5.74, 6) is -4.59. The van der Waals surface area contributed by atoms with Crippen LogP contribution in [0.1, 0.15) is 39.2 Å². The van der Waals surface area contributed by atoms with Crippen LogP contribution in [0.4, 0.5) is 4.79 Å². The number of aliphatic carboxylic acids is 1. The second-order valence-electron chi connectivity index (χ2n) is 8.91. The minimum absolute atomic E-state index is 0.174. The van der Waals surface area contributed by atoms with Crippen molar-refractivity contribution in [2.75, 3.05) is 6.54 Å². The van der Waals surface area contributed by atoms with E-state index in [2.05, 4.69) is 16.0 Å². The third kappa shape index (κ3) is 5.94. The zero-order valence-corrected chi connectivity index (χ0v) is 20.5. The molecule has 4 amide bonds. The third-order valence-corrected chi connectivity index (χ3v) is 6.52. The molecule has 0 aliphatic carbocycles. The number of fused-ring (bicyclic) bond motifs is 1. The Bertz CT molecular complexity index is 1050. The molecule has 0 saturated carbocycles. The molecular weight excluding hydrogens is 476 g/mol. The lowest BCUT2D eigenvalue weighted by atomic mass is 9.96. The number of carbonyl (C=O) groups is 5. The van der Waals surface area contributed by atoms with E-state index in [-0.39, 0.29) is 5.57 Å². The number of benzene rings is 1. The molecule has 4 N–H and O–H groups in total. The van der Waals surface area contributed by atoms with Crippen LogP contribution in [0, 0.1) is 0 Å². The number of nitrogens with zero attached hydrogens (tertiary/aromatic N) is 1. The first kappa shape index (κ1) is 26.1. The van der Waals surface area contributed by atoms with Gasteiger partial charge in [0.25, 0.3) is 5.91 Å². The number of thioether (sulfide) groups is 1. The lowest BCUT2D eigenvalue weighted by molar-refractivity contribution is -0.160. The van der Waals surface area contributed by atoms with Crippen molar-refractivity contribution < 1.29 is 33.8 Å². The van der Waals surface area contributed by atoms with Gasteiger partial charge in [0.2, 0.25) is 5.91 Å². The highest BCUT2D eigenvalue weighted by molar-refractivity contribution is 8.00. The normalized spacial score (nSPS) is 22.1. The van der Waals surface area contributed by atoms with Gasteiger partial charge < -0.3 is 30.7 Å². The maximum Gasteiger partial charge on any atom is 0.336 e. The molecule has 0 spiro atoms. The molecule has 2 aliphatic heterocycles. The Morgan fingerprint density at radius 2 is 1.80 bits per heavy atom. The fourth-order valence-corrected chi connectivity index (χ4v) is 4.98. The molecule has 1 fully saturated rings. The molecule has 4 atom stereocenters. The molecular formula is C23H28N4O7S. The van der Waals surface area contributed by atoms with Crippen molar-refractivity contribution in [3.8, 4) is 0 Å². The summed E-state index contributed by atoms with van der Waals surface area (Å²) in [4.78, 5) is 63.7. The Kier molecular flexibility index (Phi) is 7.73. The topological polar surface area (TPSA) is 154 Å². The number of β-lactam (4-membered cyclic amide) rings is 1. The van der Waals surface area contributed by atoms with Crippen LogP contribution in [0.3, 0.4) is 0 Å². The van der Waals surface area contributed by atoms with E-state index in [0.717, 1.165) is 18.0 Å². The van der Waals surface area contributed by atoms with Crippen LogP contribution in [0.15, 0.2) is 42.1 Å². The highest BCUT2D eigenvalue weighted by Gasteiger charge is 2.53. The largest absolute Gasteiger partial charge is 0.478 e. The second-order valence-corrected chi connectivity index (χ2v) is 10.1. The van der Waals surface area contributed by atoms with E-state index >= 15 is 0 Å². The monoisotopic (exact) mass is 504 g/mol. The number of carbonyl (C=O) groups excluding carboxylic acids is 4. The number of ether oxygens (including phenoxy) is 1. The average molecular weight is 505 g/mol. The zero-order valence-electron chi connectivity index (χ0n) is 19.7. The summed E-state index contributed by atoms with van der Waals surface area (Å²) in [5, 5.41) is 15.6. The Hall–Kier alpha value is -3.54. The molecule has 0 aromatic heterocycles. The number of nitrogens with one attached hydrogen (secondary N) is 3. The maximum absolute atomic E-state index is 13.2. The van der Waals surface area contributed by atoms with Crippen molar-refractivity contribution in [2.45, 2.75) is 56.0 Å². The van der Waals surface area contributed by atoms with Gasteiger partial charge in [-0.05, 0) is 33.3 Å². The highest BCUT2D eigenvalue weighted by atomic mass is 32.2. The first-order valence-corrected chi connectivity index (χ1v) is 11.9. The number of rotatable bonds is 7. The van der Waals surface area contributed by atoms with Gasteiger partial charge in [0, 0.05) is 12.7 Å². The summed E-state index contributed by atoms with van der Waals surface area (Å²) in [6.45, 7) is 7.11. The molecule has 11 nitrogen and oxygen atoms in total. The van der Waals surface area contributed by atoms with Crippen LogP contribution in [0.25, 0.3) is 0 Å². The van der Waals surface area contributed by atoms with E-state index in [9.17, 15) is 29.1 Å². The van der Waals surface area contributed by atoms with Crippen molar-refractivity contribution in [3.05, 3.63) is 47.7 Å². The van der Waals surface area contributed by atoms with E-state index < -0.39 is 58.1 Å². The fourth-order valence-electron chi connectivity index (χ4n) is 3.58. The Morgan fingerprint density at radius 3 is 2.37 bits per heavy atom. The van der Waals surface area contributed by atoms with Gasteiger partial charge in [-0.3, -0.25) is 14.4 Å². The molecule has 0 bridgehead atoms. The Labute approximate surface area is 206 Å². The van der Waals surface area contributed by atoms with Crippen LogP contribution in [-0.4, -0.2) is 68.7 Å². The van der Waals surface area contributed by atoms with E-state index in [1.54, 1.807) is 58.0 Å². The third-order valence-electron chi connectivity index (χ3n) is 5.10. The summed E-state index contributed by atoms with van der Waals surface area (Å²) < 4.78 is 5.44. The van der Waals surface area contributed by atoms with Crippen LogP contribution >= 0.6 is 11.8 Å². The number of carboxylic acid groups (broad SMARTS) is 1. The van der Waals surface area contributed by atoms with Crippen LogP contribution < -0.4 is 16.0 Å². The number of hydrogen-bond acceptors (Lipinski definition) is 7. The molecule has 1 saturated heterocycles. The number of carboxylic acids is 1. The number of urea groups is 1. The minimum atomic E-state index is -1.31. The van der Waals surface area contributed by atoms with Crippen molar-refractivity contribution in [1.29, 1.82) is 0 Å². The standard InChI is InChI=1S/C23H28N4O7S/c1-5-24-22(33)26-17-13(20(30)31)11-27-18(29)15(19(27)35-17)25-16(28)14(12-9-7-6-8-10-12)21(32)34-23(2,3)4/h6-11,14-15,17,19H,5H2,1-4H3,(H,25,28)(H,30,31)(H2,24,26,33)/t14?,15?,17?,19-/m1/s1. The smallest absolute Gasteiger partial charge is 0.336 e. The van der Waals surface area contributed by atoms with E-state index in [4.69, 9.17) is 4.74 Å². The van der Waals surface area contributed by atoms with Crippen molar-refractivity contribution in [1.82, 2.24) is 20.9 Å². The lowest BCUT2D eigenvalue weighted by Crippen LogP contribution is -2.70. The lowest BCUT2D eigenvalue weighted by Gasteiger charge is -2.49. The number of esters is 1. The summed E-state index contributed by atoms with van der Waals surface area (Å²) in [6, 6.07) is 6.76. The molecule has 12 heteroatoms. The van der Waals surface area contributed by atoms with Gasteiger partial charge in [0.15, 0.2) is 5.92 Å². The molecule has 188 valence electrons. The van der Waals surface area contributed by atoms with Gasteiger partial charge in [-0.25, -0.2) is 9.59 Å². The predicted octanol–water partition coefficient (Wildman–Crippen LogP) is 1.13. The van der Waals surface area contributed by atoms with Gasteiger partial charge in [-0.2, -0.15) is 0 Å². The molecule has 1 aromatic carbocycles. The van der Waals surface area contributed by atoms with Crippen molar-refractivity contribution in [2.24, 2.45) is 0 Å². The Balaban J connectivity index is 1.80. The van der Waals surface area contributed by atoms with E-state index in [1.165, 1.54) is 4.90 Å². The van der Waals surface area contributed by atoms with Crippen molar-refractivity contribution in [3.63, 3.8) is 0 Å². The van der Waals surface area contributed by atoms with Gasteiger partial charge in [0.1, 0.15) is 22.4 Å². The molecule has 2 heterocycles. The summed E-state index contributed by atoms with van der Waals surface area (Å²) in [7, 11) is 0. The van der Waals surface area contributed by atoms with Crippen molar-refractivity contribution >= 4 is 41.5 Å². The summed E-state index contributed by atoms with van der Waals surface area (Å²) in [6.07, 6.45) is 1.16. The fraction of sp³-hybridized carbons (Fsp3) is 0.435. The predicted molar refractivity (Wildman–Crippen MR) is 127 cm³/mol.